The van der Waals surface area contributed by atoms with Crippen molar-refractivity contribution in [2.24, 2.45) is 11.3 Å². The van der Waals surface area contributed by atoms with Crippen LogP contribution in [-0.2, 0) is 14.3 Å². The highest BCUT2D eigenvalue weighted by Gasteiger charge is 2.41. The van der Waals surface area contributed by atoms with Crippen LogP contribution in [0.5, 0.6) is 0 Å². The molecule has 1 saturated heterocycles. The van der Waals surface area contributed by atoms with Gasteiger partial charge in [0.25, 0.3) is 0 Å². The van der Waals surface area contributed by atoms with Crippen molar-refractivity contribution in [2.75, 3.05) is 13.2 Å². The number of fused-ring (bicyclic) bond motifs is 3. The zero-order valence-electron chi connectivity index (χ0n) is 20.8. The number of rotatable bonds is 6. The lowest BCUT2D eigenvalue weighted by Crippen LogP contribution is -2.49. The number of ether oxygens (including phenoxy) is 1. The number of likely N-dealkylation sites (tertiary alicyclic amines) is 1. The van der Waals surface area contributed by atoms with Gasteiger partial charge in [0.2, 0.25) is 5.91 Å². The highest BCUT2D eigenvalue weighted by Crippen LogP contribution is 2.44. The summed E-state index contributed by atoms with van der Waals surface area (Å²) in [6.45, 7) is 8.28. The number of nitrogens with one attached hydrogen (secondary N) is 1. The van der Waals surface area contributed by atoms with Crippen LogP contribution in [0.25, 0.3) is 11.1 Å². The molecule has 7 heteroatoms. The lowest BCUT2D eigenvalue weighted by molar-refractivity contribution is -0.149. The summed E-state index contributed by atoms with van der Waals surface area (Å²) in [4.78, 5) is 39.0. The van der Waals surface area contributed by atoms with E-state index in [1.54, 1.807) is 0 Å². The van der Waals surface area contributed by atoms with E-state index in [-0.39, 0.29) is 30.8 Å². The van der Waals surface area contributed by atoms with E-state index in [9.17, 15) is 19.5 Å². The molecule has 2 amide bonds. The van der Waals surface area contributed by atoms with Crippen LogP contribution in [0, 0.1) is 11.3 Å². The first-order chi connectivity index (χ1) is 16.6. The number of hydrogen-bond donors (Lipinski definition) is 2. The second-order valence-corrected chi connectivity index (χ2v) is 10.7. The number of amides is 2. The zero-order valence-corrected chi connectivity index (χ0v) is 20.8. The molecular weight excluding hydrogens is 444 g/mol. The Bertz CT molecular complexity index is 1080. The van der Waals surface area contributed by atoms with E-state index >= 15 is 0 Å². The molecule has 0 radical (unpaired) electrons. The molecule has 1 heterocycles. The van der Waals surface area contributed by atoms with Gasteiger partial charge in [-0.3, -0.25) is 4.79 Å². The van der Waals surface area contributed by atoms with Gasteiger partial charge in [-0.1, -0.05) is 76.2 Å². The van der Waals surface area contributed by atoms with E-state index in [0.29, 0.717) is 13.0 Å². The van der Waals surface area contributed by atoms with Crippen LogP contribution in [0.2, 0.25) is 0 Å². The number of nitrogens with zero attached hydrogens (tertiary/aromatic N) is 1. The fourth-order valence-electron chi connectivity index (χ4n) is 5.25. The Balaban J connectivity index is 1.42. The summed E-state index contributed by atoms with van der Waals surface area (Å²) in [6.07, 6.45) is 0.0940. The van der Waals surface area contributed by atoms with Crippen molar-refractivity contribution in [3.05, 3.63) is 59.7 Å². The van der Waals surface area contributed by atoms with Crippen LogP contribution in [0.15, 0.2) is 48.5 Å². The van der Waals surface area contributed by atoms with Crippen molar-refractivity contribution in [3.8, 4) is 11.1 Å². The van der Waals surface area contributed by atoms with Gasteiger partial charge < -0.3 is 20.1 Å². The van der Waals surface area contributed by atoms with E-state index in [1.807, 2.05) is 52.0 Å². The Kier molecular flexibility index (Phi) is 6.88. The molecule has 2 N–H and O–H groups in total. The predicted octanol–water partition coefficient (Wildman–Crippen LogP) is 4.65. The van der Waals surface area contributed by atoms with Gasteiger partial charge in [0.15, 0.2) is 0 Å². The predicted molar refractivity (Wildman–Crippen MR) is 133 cm³/mol. The maximum atomic E-state index is 13.1. The van der Waals surface area contributed by atoms with E-state index < -0.39 is 29.6 Å². The lowest BCUT2D eigenvalue weighted by atomic mass is 9.84. The average molecular weight is 479 g/mol. The Morgan fingerprint density at radius 3 is 2.17 bits per heavy atom. The average Bonchev–Trinajstić information content (AvgIpc) is 3.35. The van der Waals surface area contributed by atoms with Gasteiger partial charge in [0.1, 0.15) is 12.6 Å². The molecule has 3 unspecified atom stereocenters. The van der Waals surface area contributed by atoms with E-state index in [2.05, 4.69) is 29.6 Å². The lowest BCUT2D eigenvalue weighted by Gasteiger charge is -2.33. The van der Waals surface area contributed by atoms with E-state index in [1.165, 1.54) is 4.90 Å². The highest BCUT2D eigenvalue weighted by atomic mass is 16.5. The summed E-state index contributed by atoms with van der Waals surface area (Å²) < 4.78 is 5.68. The van der Waals surface area contributed by atoms with Crippen molar-refractivity contribution in [3.63, 3.8) is 0 Å². The van der Waals surface area contributed by atoms with Gasteiger partial charge in [-0.25, -0.2) is 9.59 Å². The van der Waals surface area contributed by atoms with Crippen LogP contribution < -0.4 is 5.32 Å². The first-order valence-electron chi connectivity index (χ1n) is 12.2. The number of benzene rings is 2. The summed E-state index contributed by atoms with van der Waals surface area (Å²) in [5, 5.41) is 12.5. The monoisotopic (exact) mass is 478 g/mol. The maximum Gasteiger partial charge on any atom is 0.407 e. The van der Waals surface area contributed by atoms with Crippen LogP contribution in [0.3, 0.4) is 0 Å². The second-order valence-electron chi connectivity index (χ2n) is 10.7. The van der Waals surface area contributed by atoms with Crippen molar-refractivity contribution >= 4 is 18.0 Å². The molecule has 0 saturated carbocycles. The second kappa shape index (κ2) is 9.72. The van der Waals surface area contributed by atoms with Gasteiger partial charge in [-0.2, -0.15) is 0 Å². The molecular formula is C28H34N2O5. The minimum Gasteiger partial charge on any atom is -0.480 e. The smallest absolute Gasteiger partial charge is 0.407 e. The van der Waals surface area contributed by atoms with Gasteiger partial charge >= 0.3 is 12.1 Å². The van der Waals surface area contributed by atoms with Gasteiger partial charge in [-0.05, 0) is 40.0 Å². The minimum atomic E-state index is -0.986. The SMILES string of the molecule is CC1CCN(C(=O)CC(NC(=O)OCC2c3ccccc3-c3ccccc32)C(C)(C)C)C1C(=O)O. The third kappa shape index (κ3) is 5.04. The molecule has 2 aliphatic rings. The highest BCUT2D eigenvalue weighted by molar-refractivity contribution is 5.85. The van der Waals surface area contributed by atoms with Crippen LogP contribution >= 0.6 is 0 Å². The summed E-state index contributed by atoms with van der Waals surface area (Å²) >= 11 is 0. The number of hydrogen-bond acceptors (Lipinski definition) is 4. The third-order valence-corrected chi connectivity index (χ3v) is 7.33. The number of aliphatic carboxylic acids is 1. The van der Waals surface area contributed by atoms with E-state index in [0.717, 1.165) is 22.3 Å². The van der Waals surface area contributed by atoms with E-state index in [4.69, 9.17) is 4.74 Å². The molecule has 0 spiro atoms. The normalized spacial score (nSPS) is 20.2. The van der Waals surface area contributed by atoms with Crippen LogP contribution in [0.4, 0.5) is 4.79 Å². The number of alkyl carbamates (subject to hydrolysis) is 1. The maximum absolute atomic E-state index is 13.1. The summed E-state index contributed by atoms with van der Waals surface area (Å²) in [7, 11) is 0. The number of carbonyl (C=O) groups excluding carboxylic acids is 2. The fraction of sp³-hybridized carbons (Fsp3) is 0.464. The molecule has 1 aliphatic carbocycles. The molecule has 35 heavy (non-hydrogen) atoms. The molecule has 1 aliphatic heterocycles. The van der Waals surface area contributed by atoms with Gasteiger partial charge in [0, 0.05) is 24.9 Å². The number of carboxylic acid groups (broad SMARTS) is 1. The van der Waals surface area contributed by atoms with Gasteiger partial charge in [-0.15, -0.1) is 0 Å². The standard InChI is InChI=1S/C28H34N2O5/c1-17-13-14-30(25(17)26(32)33)24(31)15-23(28(2,3)4)29-27(34)35-16-22-20-11-7-5-9-18(20)19-10-6-8-12-21(19)22/h5-12,17,22-23,25H,13-16H2,1-4H3,(H,29,34)(H,32,33). The number of carboxylic acids is 1. The van der Waals surface area contributed by atoms with Crippen molar-refractivity contribution in [1.29, 1.82) is 0 Å². The molecule has 3 atom stereocenters. The Hall–Kier alpha value is -3.35. The summed E-state index contributed by atoms with van der Waals surface area (Å²) in [6, 6.07) is 15.0. The quantitative estimate of drug-likeness (QED) is 0.630. The first-order valence-corrected chi connectivity index (χ1v) is 12.2. The Morgan fingerprint density at radius 1 is 1.06 bits per heavy atom. The molecule has 7 nitrogen and oxygen atoms in total. The van der Waals surface area contributed by atoms with Crippen LogP contribution in [0.1, 0.15) is 57.6 Å². The molecule has 2 aromatic rings. The zero-order chi connectivity index (χ0) is 25.3. The summed E-state index contributed by atoms with van der Waals surface area (Å²) in [5.74, 6) is -1.40. The summed E-state index contributed by atoms with van der Waals surface area (Å²) in [5.41, 5.74) is 4.15. The first kappa shape index (κ1) is 24.8. The van der Waals surface area contributed by atoms with Crippen molar-refractivity contribution in [2.45, 2.75) is 58.5 Å². The van der Waals surface area contributed by atoms with Crippen LogP contribution in [-0.4, -0.2) is 53.2 Å². The molecule has 186 valence electrons. The topological polar surface area (TPSA) is 95.9 Å². The molecule has 2 aromatic carbocycles. The molecule has 4 rings (SSSR count). The van der Waals surface area contributed by atoms with Gasteiger partial charge in [0.05, 0.1) is 0 Å². The van der Waals surface area contributed by atoms with Crippen molar-refractivity contribution in [1.82, 2.24) is 10.2 Å². The minimum absolute atomic E-state index is 0.0181. The third-order valence-electron chi connectivity index (χ3n) is 7.33. The Morgan fingerprint density at radius 2 is 1.63 bits per heavy atom. The Labute approximate surface area is 206 Å². The molecule has 0 bridgehead atoms. The van der Waals surface area contributed by atoms with Crippen molar-refractivity contribution < 1.29 is 24.2 Å². The fourth-order valence-corrected chi connectivity index (χ4v) is 5.25. The largest absolute Gasteiger partial charge is 0.480 e. The number of carbonyl (C=O) groups is 3. The molecule has 1 fully saturated rings. The molecule has 0 aromatic heterocycles.